The molecule has 0 aliphatic rings. The molecule has 0 aromatic heterocycles. The lowest BCUT2D eigenvalue weighted by Gasteiger charge is -2.06. The zero-order chi connectivity index (χ0) is 13.0. The standard InChI is InChI=1S/C13H12O4S/c1-16-10-2-4-11(5-3-10)17-12-6-8-13(9-7-12)18(14)15/h2-9,18H,1H3. The Kier molecular flexibility index (Phi) is 3.84. The van der Waals surface area contributed by atoms with E-state index in [1.807, 2.05) is 0 Å². The zero-order valence-electron chi connectivity index (χ0n) is 9.70. The van der Waals surface area contributed by atoms with Crippen LogP contribution in [0.2, 0.25) is 0 Å². The van der Waals surface area contributed by atoms with E-state index in [1.54, 1.807) is 43.5 Å². The van der Waals surface area contributed by atoms with Gasteiger partial charge in [0.25, 0.3) is 0 Å². The highest BCUT2D eigenvalue weighted by Gasteiger charge is 1.99. The monoisotopic (exact) mass is 264 g/mol. The quantitative estimate of drug-likeness (QED) is 0.862. The molecule has 2 rings (SSSR count). The Morgan fingerprint density at radius 1 is 0.778 bits per heavy atom. The lowest BCUT2D eigenvalue weighted by Crippen LogP contribution is -1.86. The smallest absolute Gasteiger partial charge is 0.168 e. The van der Waals surface area contributed by atoms with Gasteiger partial charge in [0.1, 0.15) is 17.2 Å². The molecule has 0 aliphatic carbocycles. The van der Waals surface area contributed by atoms with E-state index in [4.69, 9.17) is 9.47 Å². The third-order valence-corrected chi connectivity index (χ3v) is 3.06. The molecular formula is C13H12O4S. The molecule has 4 nitrogen and oxygen atoms in total. The van der Waals surface area contributed by atoms with Crippen molar-refractivity contribution in [1.82, 2.24) is 0 Å². The Balaban J connectivity index is 2.12. The largest absolute Gasteiger partial charge is 0.497 e. The molecule has 0 heterocycles. The molecule has 0 saturated carbocycles. The minimum Gasteiger partial charge on any atom is -0.497 e. The van der Waals surface area contributed by atoms with E-state index in [9.17, 15) is 8.42 Å². The van der Waals surface area contributed by atoms with Gasteiger partial charge >= 0.3 is 0 Å². The van der Waals surface area contributed by atoms with E-state index >= 15 is 0 Å². The van der Waals surface area contributed by atoms with Crippen LogP contribution in [0.25, 0.3) is 0 Å². The van der Waals surface area contributed by atoms with Crippen LogP contribution in [0.15, 0.2) is 53.4 Å². The van der Waals surface area contributed by atoms with Crippen molar-refractivity contribution in [2.24, 2.45) is 0 Å². The summed E-state index contributed by atoms with van der Waals surface area (Å²) in [5, 5.41) is 0. The Bertz CT molecular complexity index is 577. The van der Waals surface area contributed by atoms with E-state index in [0.29, 0.717) is 11.5 Å². The molecule has 0 bridgehead atoms. The van der Waals surface area contributed by atoms with Gasteiger partial charge in [-0.1, -0.05) is 0 Å². The fourth-order valence-electron chi connectivity index (χ4n) is 1.42. The van der Waals surface area contributed by atoms with Crippen LogP contribution in [0.5, 0.6) is 17.2 Å². The number of thiol groups is 1. The maximum Gasteiger partial charge on any atom is 0.168 e. The minimum absolute atomic E-state index is 0.270. The number of ether oxygens (including phenoxy) is 2. The molecule has 0 atom stereocenters. The van der Waals surface area contributed by atoms with Crippen molar-refractivity contribution in [3.05, 3.63) is 48.5 Å². The van der Waals surface area contributed by atoms with Crippen molar-refractivity contribution < 1.29 is 17.9 Å². The molecule has 0 saturated heterocycles. The van der Waals surface area contributed by atoms with Crippen LogP contribution in [-0.2, 0) is 10.7 Å². The molecule has 0 fully saturated rings. The molecule has 5 heteroatoms. The van der Waals surface area contributed by atoms with Crippen molar-refractivity contribution in [1.29, 1.82) is 0 Å². The summed E-state index contributed by atoms with van der Waals surface area (Å²) in [7, 11) is -0.950. The molecule has 0 aliphatic heterocycles. The summed E-state index contributed by atoms with van der Waals surface area (Å²) < 4.78 is 32.0. The summed E-state index contributed by atoms with van der Waals surface area (Å²) in [6.45, 7) is 0. The predicted molar refractivity (Wildman–Crippen MR) is 68.1 cm³/mol. The Labute approximate surface area is 107 Å². The highest BCUT2D eigenvalue weighted by atomic mass is 32.2. The molecule has 18 heavy (non-hydrogen) atoms. The first kappa shape index (κ1) is 12.4. The summed E-state index contributed by atoms with van der Waals surface area (Å²) >= 11 is 0. The fraction of sp³-hybridized carbons (Fsp3) is 0.0769. The van der Waals surface area contributed by atoms with E-state index in [2.05, 4.69) is 0 Å². The first-order valence-corrected chi connectivity index (χ1v) is 6.43. The van der Waals surface area contributed by atoms with E-state index in [0.717, 1.165) is 5.75 Å². The van der Waals surface area contributed by atoms with Gasteiger partial charge in [0, 0.05) is 0 Å². The third kappa shape index (κ3) is 3.01. The van der Waals surface area contributed by atoms with Crippen LogP contribution in [0.4, 0.5) is 0 Å². The van der Waals surface area contributed by atoms with Gasteiger partial charge in [-0.25, -0.2) is 8.42 Å². The lowest BCUT2D eigenvalue weighted by atomic mass is 10.3. The number of methoxy groups -OCH3 is 1. The summed E-state index contributed by atoms with van der Waals surface area (Å²) in [6, 6.07) is 13.4. The van der Waals surface area contributed by atoms with Gasteiger partial charge in [-0.15, -0.1) is 0 Å². The first-order chi connectivity index (χ1) is 8.69. The molecular weight excluding hydrogens is 252 g/mol. The van der Waals surface area contributed by atoms with Gasteiger partial charge in [-0.3, -0.25) is 0 Å². The van der Waals surface area contributed by atoms with E-state index in [-0.39, 0.29) is 4.90 Å². The van der Waals surface area contributed by atoms with Gasteiger partial charge < -0.3 is 9.47 Å². The Morgan fingerprint density at radius 2 is 1.22 bits per heavy atom. The van der Waals surface area contributed by atoms with Gasteiger partial charge in [-0.2, -0.15) is 0 Å². The van der Waals surface area contributed by atoms with Gasteiger partial charge in [0.15, 0.2) is 10.7 Å². The minimum atomic E-state index is -2.55. The lowest BCUT2D eigenvalue weighted by molar-refractivity contribution is 0.413. The molecule has 0 N–H and O–H groups in total. The molecule has 0 spiro atoms. The maximum absolute atomic E-state index is 10.7. The normalized spacial score (nSPS) is 10.3. The molecule has 0 amide bonds. The number of rotatable bonds is 4. The molecule has 2 aromatic rings. The van der Waals surface area contributed by atoms with Crippen LogP contribution in [0, 0.1) is 0 Å². The average molecular weight is 264 g/mol. The molecule has 0 unspecified atom stereocenters. The van der Waals surface area contributed by atoms with Gasteiger partial charge in [0.2, 0.25) is 0 Å². The van der Waals surface area contributed by atoms with Crippen molar-refractivity contribution >= 4 is 10.7 Å². The van der Waals surface area contributed by atoms with Crippen molar-refractivity contribution in [2.45, 2.75) is 4.90 Å². The second kappa shape index (κ2) is 5.55. The first-order valence-electron chi connectivity index (χ1n) is 5.25. The van der Waals surface area contributed by atoms with Crippen LogP contribution in [0.1, 0.15) is 0 Å². The number of hydrogen-bond acceptors (Lipinski definition) is 4. The average Bonchev–Trinajstić information content (AvgIpc) is 2.40. The predicted octanol–water partition coefficient (Wildman–Crippen LogP) is 2.46. The van der Waals surface area contributed by atoms with Crippen molar-refractivity contribution in [3.8, 4) is 17.2 Å². The Hall–Kier alpha value is -2.01. The molecule has 94 valence electrons. The summed E-state index contributed by atoms with van der Waals surface area (Å²) in [5.74, 6) is 2.00. The highest BCUT2D eigenvalue weighted by molar-refractivity contribution is 7.72. The molecule has 0 radical (unpaired) electrons. The molecule has 2 aromatic carbocycles. The zero-order valence-corrected chi connectivity index (χ0v) is 10.6. The van der Waals surface area contributed by atoms with Crippen molar-refractivity contribution in [2.75, 3.05) is 7.11 Å². The summed E-state index contributed by atoms with van der Waals surface area (Å²) in [5.41, 5.74) is 0. The van der Waals surface area contributed by atoms with Crippen molar-refractivity contribution in [3.63, 3.8) is 0 Å². The van der Waals surface area contributed by atoms with Gasteiger partial charge in [-0.05, 0) is 48.5 Å². The summed E-state index contributed by atoms with van der Waals surface area (Å²) in [6.07, 6.45) is 0. The maximum atomic E-state index is 10.7. The number of benzene rings is 2. The Morgan fingerprint density at radius 3 is 1.67 bits per heavy atom. The highest BCUT2D eigenvalue weighted by Crippen LogP contribution is 2.24. The van der Waals surface area contributed by atoms with E-state index in [1.165, 1.54) is 12.1 Å². The number of hydrogen-bond donors (Lipinski definition) is 1. The van der Waals surface area contributed by atoms with Crippen LogP contribution in [-0.4, -0.2) is 15.5 Å². The SMILES string of the molecule is COc1ccc(Oc2ccc([SH](=O)=O)cc2)cc1. The van der Waals surface area contributed by atoms with Crippen LogP contribution in [0.3, 0.4) is 0 Å². The van der Waals surface area contributed by atoms with Crippen LogP contribution >= 0.6 is 0 Å². The second-order valence-electron chi connectivity index (χ2n) is 3.53. The fourth-order valence-corrected chi connectivity index (χ4v) is 1.81. The topological polar surface area (TPSA) is 52.6 Å². The second-order valence-corrected chi connectivity index (χ2v) is 4.56. The summed E-state index contributed by atoms with van der Waals surface area (Å²) in [4.78, 5) is 0.270. The van der Waals surface area contributed by atoms with E-state index < -0.39 is 10.7 Å². The third-order valence-electron chi connectivity index (χ3n) is 2.34. The van der Waals surface area contributed by atoms with Gasteiger partial charge in [0.05, 0.1) is 12.0 Å². The van der Waals surface area contributed by atoms with Crippen LogP contribution < -0.4 is 9.47 Å².